The predicted molar refractivity (Wildman–Crippen MR) is 73.7 cm³/mol. The molecule has 0 fully saturated rings. The molecule has 0 aliphatic carbocycles. The van der Waals surface area contributed by atoms with E-state index in [1.807, 2.05) is 25.1 Å². The van der Waals surface area contributed by atoms with Crippen LogP contribution < -0.4 is 4.90 Å². The van der Waals surface area contributed by atoms with Crippen molar-refractivity contribution < 1.29 is 14.7 Å². The number of rotatable bonds is 5. The van der Waals surface area contributed by atoms with Crippen molar-refractivity contribution in [2.75, 3.05) is 11.4 Å². The van der Waals surface area contributed by atoms with Crippen LogP contribution >= 0.6 is 0 Å². The van der Waals surface area contributed by atoms with Gasteiger partial charge in [0.1, 0.15) is 0 Å². The number of carbonyl (C=O) groups excluding carboxylic acids is 1. The van der Waals surface area contributed by atoms with Crippen molar-refractivity contribution in [1.82, 2.24) is 10.2 Å². The summed E-state index contributed by atoms with van der Waals surface area (Å²) in [5, 5.41) is 15.2. The van der Waals surface area contributed by atoms with Crippen molar-refractivity contribution in [1.29, 1.82) is 0 Å². The van der Waals surface area contributed by atoms with Gasteiger partial charge in [-0.3, -0.25) is 14.7 Å². The van der Waals surface area contributed by atoms with Crippen LogP contribution in [-0.4, -0.2) is 33.7 Å². The average Bonchev–Trinajstić information content (AvgIpc) is 2.94. The van der Waals surface area contributed by atoms with Crippen molar-refractivity contribution in [3.05, 3.63) is 47.8 Å². The summed E-state index contributed by atoms with van der Waals surface area (Å²) >= 11 is 0. The number of nitrogens with one attached hydrogen (secondary N) is 1. The number of benzene rings is 1. The van der Waals surface area contributed by atoms with Crippen LogP contribution in [0.1, 0.15) is 22.3 Å². The summed E-state index contributed by atoms with van der Waals surface area (Å²) in [7, 11) is 0. The number of aromatic nitrogens is 2. The Morgan fingerprint density at radius 2 is 2.10 bits per heavy atom. The zero-order valence-corrected chi connectivity index (χ0v) is 11.0. The molecule has 0 saturated carbocycles. The fourth-order valence-corrected chi connectivity index (χ4v) is 1.93. The Labute approximate surface area is 116 Å². The molecule has 2 rings (SSSR count). The van der Waals surface area contributed by atoms with Crippen LogP contribution in [-0.2, 0) is 4.79 Å². The van der Waals surface area contributed by atoms with Gasteiger partial charge >= 0.3 is 5.97 Å². The Hall–Kier alpha value is -2.63. The van der Waals surface area contributed by atoms with E-state index in [4.69, 9.17) is 5.11 Å². The third-order valence-electron chi connectivity index (χ3n) is 2.95. The summed E-state index contributed by atoms with van der Waals surface area (Å²) in [5.41, 5.74) is 2.02. The van der Waals surface area contributed by atoms with Crippen molar-refractivity contribution in [2.24, 2.45) is 0 Å². The predicted octanol–water partition coefficient (Wildman–Crippen LogP) is 1.84. The average molecular weight is 273 g/mol. The number of nitrogens with zero attached hydrogens (tertiary/aromatic N) is 2. The molecule has 6 nitrogen and oxygen atoms in total. The normalized spacial score (nSPS) is 10.2. The first-order valence-electron chi connectivity index (χ1n) is 6.17. The molecular weight excluding hydrogens is 258 g/mol. The van der Waals surface area contributed by atoms with Crippen LogP contribution in [0.2, 0.25) is 0 Å². The number of hydrogen-bond donors (Lipinski definition) is 2. The molecule has 0 aliphatic heterocycles. The van der Waals surface area contributed by atoms with Gasteiger partial charge in [-0.05, 0) is 18.6 Å². The summed E-state index contributed by atoms with van der Waals surface area (Å²) in [4.78, 5) is 24.7. The summed E-state index contributed by atoms with van der Waals surface area (Å²) in [6.45, 7) is 2.00. The Kier molecular flexibility index (Phi) is 4.14. The maximum Gasteiger partial charge on any atom is 0.305 e. The first-order valence-corrected chi connectivity index (χ1v) is 6.17. The highest BCUT2D eigenvalue weighted by molar-refractivity contribution is 6.06. The number of carboxylic acid groups (broad SMARTS) is 1. The molecule has 1 amide bonds. The third kappa shape index (κ3) is 3.03. The highest BCUT2D eigenvalue weighted by atomic mass is 16.4. The van der Waals surface area contributed by atoms with Crippen LogP contribution in [0.15, 0.2) is 36.7 Å². The molecule has 6 heteroatoms. The fraction of sp³-hybridized carbons (Fsp3) is 0.214. The molecule has 1 aromatic heterocycles. The smallest absolute Gasteiger partial charge is 0.305 e. The molecule has 0 radical (unpaired) electrons. The number of carboxylic acids is 1. The highest BCUT2D eigenvalue weighted by Gasteiger charge is 2.20. The number of aliphatic carboxylic acids is 1. The van der Waals surface area contributed by atoms with Crippen LogP contribution in [0.4, 0.5) is 5.69 Å². The minimum atomic E-state index is -0.941. The molecule has 0 saturated heterocycles. The maximum absolute atomic E-state index is 12.4. The summed E-state index contributed by atoms with van der Waals surface area (Å²) in [6, 6.07) is 7.37. The number of H-pyrrole nitrogens is 1. The molecule has 1 aromatic carbocycles. The Bertz CT molecular complexity index is 608. The van der Waals surface area contributed by atoms with Crippen molar-refractivity contribution in [3.8, 4) is 0 Å². The third-order valence-corrected chi connectivity index (χ3v) is 2.95. The van der Waals surface area contributed by atoms with E-state index in [-0.39, 0.29) is 18.9 Å². The SMILES string of the molecule is Cc1ccccc1N(CCC(=O)O)C(=O)c1cn[nH]c1. The molecule has 0 bridgehead atoms. The van der Waals surface area contributed by atoms with E-state index in [2.05, 4.69) is 10.2 Å². The van der Waals surface area contributed by atoms with Crippen LogP contribution in [0.25, 0.3) is 0 Å². The van der Waals surface area contributed by atoms with Gasteiger partial charge < -0.3 is 10.0 Å². The molecule has 2 aromatic rings. The van der Waals surface area contributed by atoms with Gasteiger partial charge in [0.15, 0.2) is 0 Å². The van der Waals surface area contributed by atoms with Crippen LogP contribution in [0.5, 0.6) is 0 Å². The lowest BCUT2D eigenvalue weighted by molar-refractivity contribution is -0.136. The zero-order valence-electron chi connectivity index (χ0n) is 11.0. The lowest BCUT2D eigenvalue weighted by Crippen LogP contribution is -2.33. The highest BCUT2D eigenvalue weighted by Crippen LogP contribution is 2.21. The molecule has 20 heavy (non-hydrogen) atoms. The minimum absolute atomic E-state index is 0.113. The number of hydrogen-bond acceptors (Lipinski definition) is 3. The topological polar surface area (TPSA) is 86.3 Å². The molecule has 0 unspecified atom stereocenters. The molecule has 0 aliphatic rings. The van der Waals surface area contributed by atoms with E-state index < -0.39 is 5.97 Å². The second kappa shape index (κ2) is 6.01. The lowest BCUT2D eigenvalue weighted by atomic mass is 10.1. The van der Waals surface area contributed by atoms with Crippen LogP contribution in [0, 0.1) is 6.92 Å². The number of para-hydroxylation sites is 1. The van der Waals surface area contributed by atoms with E-state index in [1.54, 1.807) is 6.07 Å². The van der Waals surface area contributed by atoms with E-state index in [9.17, 15) is 9.59 Å². The number of aromatic amines is 1. The van der Waals surface area contributed by atoms with E-state index >= 15 is 0 Å². The van der Waals surface area contributed by atoms with Gasteiger partial charge in [-0.25, -0.2) is 0 Å². The Balaban J connectivity index is 2.32. The molecule has 2 N–H and O–H groups in total. The van der Waals surface area contributed by atoms with Crippen molar-refractivity contribution in [3.63, 3.8) is 0 Å². The summed E-state index contributed by atoms with van der Waals surface area (Å²) < 4.78 is 0. The first kappa shape index (κ1) is 13.8. The molecular formula is C14H15N3O3. The van der Waals surface area contributed by atoms with Gasteiger partial charge in [-0.15, -0.1) is 0 Å². The Morgan fingerprint density at radius 1 is 1.35 bits per heavy atom. The molecule has 1 heterocycles. The second-order valence-electron chi connectivity index (χ2n) is 4.37. The van der Waals surface area contributed by atoms with Gasteiger partial charge in [0.05, 0.1) is 18.2 Å². The Morgan fingerprint density at radius 3 is 2.70 bits per heavy atom. The maximum atomic E-state index is 12.4. The van der Waals surface area contributed by atoms with Gasteiger partial charge in [-0.2, -0.15) is 5.10 Å². The van der Waals surface area contributed by atoms with E-state index in [0.717, 1.165) is 5.56 Å². The second-order valence-corrected chi connectivity index (χ2v) is 4.37. The first-order chi connectivity index (χ1) is 9.59. The zero-order chi connectivity index (χ0) is 14.5. The monoisotopic (exact) mass is 273 g/mol. The fourth-order valence-electron chi connectivity index (χ4n) is 1.93. The molecule has 104 valence electrons. The van der Waals surface area contributed by atoms with Crippen LogP contribution in [0.3, 0.4) is 0 Å². The van der Waals surface area contributed by atoms with Gasteiger partial charge in [0, 0.05) is 18.4 Å². The molecule has 0 atom stereocenters. The largest absolute Gasteiger partial charge is 0.481 e. The van der Waals surface area contributed by atoms with Crippen molar-refractivity contribution >= 4 is 17.6 Å². The van der Waals surface area contributed by atoms with Crippen molar-refractivity contribution in [2.45, 2.75) is 13.3 Å². The quantitative estimate of drug-likeness (QED) is 0.870. The number of amides is 1. The summed E-state index contributed by atoms with van der Waals surface area (Å²) in [5.74, 6) is -1.21. The minimum Gasteiger partial charge on any atom is -0.481 e. The summed E-state index contributed by atoms with van der Waals surface area (Å²) in [6.07, 6.45) is 2.81. The van der Waals surface area contributed by atoms with Gasteiger partial charge in [-0.1, -0.05) is 18.2 Å². The lowest BCUT2D eigenvalue weighted by Gasteiger charge is -2.23. The van der Waals surface area contributed by atoms with Gasteiger partial charge in [0.25, 0.3) is 5.91 Å². The van der Waals surface area contributed by atoms with Gasteiger partial charge in [0.2, 0.25) is 0 Å². The number of aryl methyl sites for hydroxylation is 1. The number of carbonyl (C=O) groups is 2. The van der Waals surface area contributed by atoms with E-state index in [0.29, 0.717) is 11.3 Å². The standard InChI is InChI=1S/C14H15N3O3/c1-10-4-2-3-5-12(10)17(7-6-13(18)19)14(20)11-8-15-16-9-11/h2-5,8-9H,6-7H2,1H3,(H,15,16)(H,18,19). The molecule has 0 spiro atoms. The number of anilines is 1. The van der Waals surface area contributed by atoms with E-state index in [1.165, 1.54) is 17.3 Å².